The van der Waals surface area contributed by atoms with E-state index < -0.39 is 10.0 Å². The van der Waals surface area contributed by atoms with Gasteiger partial charge in [0.1, 0.15) is 10.9 Å². The van der Waals surface area contributed by atoms with E-state index in [2.05, 4.69) is 4.40 Å². The third-order valence-corrected chi connectivity index (χ3v) is 6.28. The topological polar surface area (TPSA) is 96.1 Å². The lowest BCUT2D eigenvalue weighted by atomic mass is 10.1. The number of nitrogens with two attached hydrogens (primary N) is 1. The maximum Gasteiger partial charge on any atom is 0.285 e. The molecule has 0 saturated carbocycles. The molecule has 8 heteroatoms. The highest BCUT2D eigenvalue weighted by Gasteiger charge is 2.41. The van der Waals surface area contributed by atoms with E-state index in [0.29, 0.717) is 37.5 Å². The number of fused-ring (bicyclic) bond motifs is 1. The van der Waals surface area contributed by atoms with Crippen molar-refractivity contribution in [1.29, 1.82) is 0 Å². The van der Waals surface area contributed by atoms with Gasteiger partial charge in [-0.25, -0.2) is 0 Å². The van der Waals surface area contributed by atoms with Gasteiger partial charge in [0.15, 0.2) is 5.84 Å². The molecule has 0 aliphatic carbocycles. The van der Waals surface area contributed by atoms with Gasteiger partial charge in [0, 0.05) is 31.2 Å². The molecule has 3 heterocycles. The predicted octanol–water partition coefficient (Wildman–Crippen LogP) is 0.160. The lowest BCUT2D eigenvalue weighted by Crippen LogP contribution is -2.47. The standard InChI is InChI=1S/C16H20N4O3S/c17-11-7-9-19(10-11)16(21)13-5-3-8-20(13)15-12-4-1-2-6-14(12)24(22,23)18-15/h1-2,4,6,11,13H,3,5,7-10,17H2/t11-,13?/m1/s1. The average molecular weight is 348 g/mol. The Labute approximate surface area is 141 Å². The van der Waals surface area contributed by atoms with Crippen LogP contribution in [0.4, 0.5) is 0 Å². The van der Waals surface area contributed by atoms with Crippen molar-refractivity contribution in [2.45, 2.75) is 36.2 Å². The van der Waals surface area contributed by atoms with Crippen molar-refractivity contribution in [3.63, 3.8) is 0 Å². The monoisotopic (exact) mass is 348 g/mol. The molecule has 3 aliphatic rings. The minimum absolute atomic E-state index is 0.0323. The summed E-state index contributed by atoms with van der Waals surface area (Å²) in [7, 11) is -3.67. The summed E-state index contributed by atoms with van der Waals surface area (Å²) in [5.41, 5.74) is 6.50. The highest BCUT2D eigenvalue weighted by atomic mass is 32.2. The van der Waals surface area contributed by atoms with E-state index >= 15 is 0 Å². The number of hydrogen-bond donors (Lipinski definition) is 1. The van der Waals surface area contributed by atoms with Gasteiger partial charge in [0.2, 0.25) is 5.91 Å². The summed E-state index contributed by atoms with van der Waals surface area (Å²) in [4.78, 5) is 16.7. The van der Waals surface area contributed by atoms with Crippen molar-refractivity contribution in [2.75, 3.05) is 19.6 Å². The van der Waals surface area contributed by atoms with Crippen LogP contribution in [0.25, 0.3) is 0 Å². The van der Waals surface area contributed by atoms with Crippen LogP contribution in [-0.4, -0.2) is 61.7 Å². The zero-order valence-corrected chi connectivity index (χ0v) is 14.1. The molecule has 4 rings (SSSR count). The van der Waals surface area contributed by atoms with Gasteiger partial charge in [0.05, 0.1) is 0 Å². The first-order valence-corrected chi connectivity index (χ1v) is 9.67. The summed E-state index contributed by atoms with van der Waals surface area (Å²) in [5, 5.41) is 0. The molecule has 2 saturated heterocycles. The fraction of sp³-hybridized carbons (Fsp3) is 0.500. The molecule has 128 valence electrons. The Morgan fingerprint density at radius 3 is 2.75 bits per heavy atom. The Morgan fingerprint density at radius 2 is 2.00 bits per heavy atom. The lowest BCUT2D eigenvalue weighted by molar-refractivity contribution is -0.133. The summed E-state index contributed by atoms with van der Waals surface area (Å²) in [6.45, 7) is 1.88. The van der Waals surface area contributed by atoms with Gasteiger partial charge in [-0.3, -0.25) is 4.79 Å². The van der Waals surface area contributed by atoms with Crippen molar-refractivity contribution in [3.8, 4) is 0 Å². The van der Waals surface area contributed by atoms with Gasteiger partial charge in [-0.2, -0.15) is 8.42 Å². The molecule has 1 aromatic rings. The van der Waals surface area contributed by atoms with Gasteiger partial charge in [-0.15, -0.1) is 4.40 Å². The first-order chi connectivity index (χ1) is 11.5. The quantitative estimate of drug-likeness (QED) is 0.780. The Bertz CT molecular complexity index is 820. The Morgan fingerprint density at radius 1 is 1.21 bits per heavy atom. The number of benzene rings is 1. The molecule has 1 amide bonds. The maximum atomic E-state index is 12.9. The van der Waals surface area contributed by atoms with Crippen molar-refractivity contribution < 1.29 is 13.2 Å². The van der Waals surface area contributed by atoms with Crippen LogP contribution >= 0.6 is 0 Å². The zero-order valence-electron chi connectivity index (χ0n) is 13.3. The minimum atomic E-state index is -3.67. The largest absolute Gasteiger partial charge is 0.343 e. The van der Waals surface area contributed by atoms with E-state index in [0.717, 1.165) is 12.8 Å². The van der Waals surface area contributed by atoms with Crippen LogP contribution in [0.3, 0.4) is 0 Å². The minimum Gasteiger partial charge on any atom is -0.343 e. The lowest BCUT2D eigenvalue weighted by Gasteiger charge is -2.29. The number of rotatable bonds is 1. The molecule has 1 aromatic carbocycles. The van der Waals surface area contributed by atoms with E-state index in [4.69, 9.17) is 5.73 Å². The number of carbonyl (C=O) groups excluding carboxylic acids is 1. The van der Waals surface area contributed by atoms with Crippen LogP contribution in [0.1, 0.15) is 24.8 Å². The van der Waals surface area contributed by atoms with Crippen LogP contribution in [0, 0.1) is 0 Å². The average Bonchev–Trinajstić information content (AvgIpc) is 3.25. The van der Waals surface area contributed by atoms with E-state index in [-0.39, 0.29) is 22.9 Å². The van der Waals surface area contributed by atoms with E-state index in [9.17, 15) is 13.2 Å². The molecule has 3 aliphatic heterocycles. The summed E-state index contributed by atoms with van der Waals surface area (Å²) in [5.74, 6) is 0.440. The second-order valence-electron chi connectivity index (χ2n) is 6.57. The van der Waals surface area contributed by atoms with Crippen LogP contribution in [0.5, 0.6) is 0 Å². The molecule has 24 heavy (non-hydrogen) atoms. The second kappa shape index (κ2) is 5.56. The van der Waals surface area contributed by atoms with Gasteiger partial charge >= 0.3 is 0 Å². The highest BCUT2D eigenvalue weighted by molar-refractivity contribution is 7.90. The zero-order chi connectivity index (χ0) is 16.9. The number of amides is 1. The number of sulfonamides is 1. The van der Waals surface area contributed by atoms with Gasteiger partial charge in [-0.05, 0) is 31.4 Å². The van der Waals surface area contributed by atoms with Gasteiger partial charge in [-0.1, -0.05) is 12.1 Å². The van der Waals surface area contributed by atoms with E-state index in [1.165, 1.54) is 0 Å². The molecular formula is C16H20N4O3S. The number of amidine groups is 1. The fourth-order valence-corrected chi connectivity index (χ4v) is 4.99. The van der Waals surface area contributed by atoms with Gasteiger partial charge < -0.3 is 15.5 Å². The van der Waals surface area contributed by atoms with Gasteiger partial charge in [0.25, 0.3) is 10.0 Å². The molecule has 0 aromatic heterocycles. The smallest absolute Gasteiger partial charge is 0.285 e. The second-order valence-corrected chi connectivity index (χ2v) is 8.14. The highest BCUT2D eigenvalue weighted by Crippen LogP contribution is 2.31. The molecule has 0 bridgehead atoms. The number of hydrogen-bond acceptors (Lipinski definition) is 5. The summed E-state index contributed by atoms with van der Waals surface area (Å²) < 4.78 is 28.5. The third kappa shape index (κ3) is 2.41. The number of likely N-dealkylation sites (tertiary alicyclic amines) is 2. The molecule has 2 fully saturated rings. The third-order valence-electron chi connectivity index (χ3n) is 4.96. The van der Waals surface area contributed by atoms with Crippen LogP contribution < -0.4 is 5.73 Å². The molecule has 2 atom stereocenters. The Balaban J connectivity index is 1.66. The first-order valence-electron chi connectivity index (χ1n) is 8.23. The predicted molar refractivity (Wildman–Crippen MR) is 89.1 cm³/mol. The Hall–Kier alpha value is -1.93. The molecule has 2 N–H and O–H groups in total. The fourth-order valence-electron chi connectivity index (χ4n) is 3.77. The van der Waals surface area contributed by atoms with Crippen LogP contribution in [-0.2, 0) is 14.8 Å². The summed E-state index contributed by atoms with van der Waals surface area (Å²) in [6, 6.07) is 6.48. The molecule has 1 unspecified atom stereocenters. The SMILES string of the molecule is N[C@@H]1CCN(C(=O)C2CCCN2C2=NS(=O)(=O)c3ccccc32)C1. The Kier molecular flexibility index (Phi) is 3.61. The van der Waals surface area contributed by atoms with Crippen LogP contribution in [0.2, 0.25) is 0 Å². The van der Waals surface area contributed by atoms with Crippen molar-refractivity contribution in [2.24, 2.45) is 10.1 Å². The number of carbonyl (C=O) groups is 1. The van der Waals surface area contributed by atoms with Crippen molar-refractivity contribution in [1.82, 2.24) is 9.80 Å². The summed E-state index contributed by atoms with van der Waals surface area (Å²) >= 11 is 0. The molecule has 0 spiro atoms. The normalized spacial score (nSPS) is 28.1. The van der Waals surface area contributed by atoms with E-state index in [1.54, 1.807) is 29.2 Å². The van der Waals surface area contributed by atoms with Crippen LogP contribution in [0.15, 0.2) is 33.6 Å². The van der Waals surface area contributed by atoms with Crippen molar-refractivity contribution >= 4 is 21.8 Å². The molecule has 0 radical (unpaired) electrons. The maximum absolute atomic E-state index is 12.9. The molecular weight excluding hydrogens is 328 g/mol. The number of nitrogens with zero attached hydrogens (tertiary/aromatic N) is 3. The summed E-state index contributed by atoms with van der Waals surface area (Å²) in [6.07, 6.45) is 2.37. The van der Waals surface area contributed by atoms with E-state index in [1.807, 2.05) is 4.90 Å². The van der Waals surface area contributed by atoms with Crippen molar-refractivity contribution in [3.05, 3.63) is 29.8 Å². The first kappa shape index (κ1) is 15.6. The molecule has 7 nitrogen and oxygen atoms in total.